The summed E-state index contributed by atoms with van der Waals surface area (Å²) in [5, 5.41) is 8.67. The second-order valence-electron chi connectivity index (χ2n) is 4.91. The Morgan fingerprint density at radius 3 is 2.86 bits per heavy atom. The Bertz CT molecular complexity index is 598. The van der Waals surface area contributed by atoms with Gasteiger partial charge in [0.15, 0.2) is 0 Å². The van der Waals surface area contributed by atoms with E-state index >= 15 is 0 Å². The number of halogens is 3. The zero-order chi connectivity index (χ0) is 16.3. The lowest BCUT2D eigenvalue weighted by atomic mass is 10.2. The Morgan fingerprint density at radius 2 is 2.23 bits per heavy atom. The number of amides is 1. The molecule has 1 unspecified atom stereocenters. The standard InChI is InChI=1S/C14H14F3N3O2/c1-19(8-6-18)12-5-7-20(13(12)21)10-3-2-4-11(9-10)22-14(15,16)17/h2-4,9,12H,5,7-8H2,1H3. The average Bonchev–Trinajstić information content (AvgIpc) is 2.79. The van der Waals surface area contributed by atoms with Crippen LogP contribution < -0.4 is 9.64 Å². The van der Waals surface area contributed by atoms with E-state index in [1.807, 2.05) is 6.07 Å². The van der Waals surface area contributed by atoms with E-state index in [-0.39, 0.29) is 18.2 Å². The molecule has 5 nitrogen and oxygen atoms in total. The minimum atomic E-state index is -4.77. The van der Waals surface area contributed by atoms with Crippen molar-refractivity contribution in [1.29, 1.82) is 5.26 Å². The monoisotopic (exact) mass is 313 g/mol. The van der Waals surface area contributed by atoms with Crippen LogP contribution in [0.2, 0.25) is 0 Å². The number of rotatable bonds is 4. The van der Waals surface area contributed by atoms with Crippen LogP contribution in [-0.2, 0) is 4.79 Å². The molecule has 0 bridgehead atoms. The van der Waals surface area contributed by atoms with Gasteiger partial charge in [-0.05, 0) is 25.6 Å². The molecule has 0 saturated carbocycles. The number of hydrogen-bond acceptors (Lipinski definition) is 4. The highest BCUT2D eigenvalue weighted by Gasteiger charge is 2.36. The van der Waals surface area contributed by atoms with Crippen molar-refractivity contribution in [2.24, 2.45) is 0 Å². The first-order valence-electron chi connectivity index (χ1n) is 6.56. The van der Waals surface area contributed by atoms with Crippen LogP contribution in [0.15, 0.2) is 24.3 Å². The Morgan fingerprint density at radius 1 is 1.50 bits per heavy atom. The SMILES string of the molecule is CN(CC#N)C1CCN(c2cccc(OC(F)(F)F)c2)C1=O. The fourth-order valence-corrected chi connectivity index (χ4v) is 2.40. The van der Waals surface area contributed by atoms with E-state index < -0.39 is 12.4 Å². The van der Waals surface area contributed by atoms with Gasteiger partial charge in [-0.3, -0.25) is 9.69 Å². The molecular formula is C14H14F3N3O2. The molecule has 0 aromatic heterocycles. The molecule has 118 valence electrons. The van der Waals surface area contributed by atoms with Crippen molar-refractivity contribution in [3.63, 3.8) is 0 Å². The number of likely N-dealkylation sites (N-methyl/N-ethyl adjacent to an activating group) is 1. The second kappa shape index (κ2) is 6.23. The van der Waals surface area contributed by atoms with E-state index in [9.17, 15) is 18.0 Å². The molecule has 1 amide bonds. The predicted octanol–water partition coefficient (Wildman–Crippen LogP) is 2.15. The third-order valence-electron chi connectivity index (χ3n) is 3.39. The third kappa shape index (κ3) is 3.68. The number of benzene rings is 1. The molecular weight excluding hydrogens is 299 g/mol. The Balaban J connectivity index is 2.15. The molecule has 1 fully saturated rings. The largest absolute Gasteiger partial charge is 0.573 e. The lowest BCUT2D eigenvalue weighted by molar-refractivity contribution is -0.274. The highest BCUT2D eigenvalue weighted by molar-refractivity contribution is 5.99. The van der Waals surface area contributed by atoms with E-state index in [1.165, 1.54) is 23.1 Å². The average molecular weight is 313 g/mol. The summed E-state index contributed by atoms with van der Waals surface area (Å²) in [4.78, 5) is 15.4. The molecule has 1 aromatic rings. The first-order chi connectivity index (χ1) is 10.3. The van der Waals surface area contributed by atoms with Gasteiger partial charge in [-0.1, -0.05) is 6.07 Å². The van der Waals surface area contributed by atoms with Crippen LogP contribution in [0.5, 0.6) is 5.75 Å². The van der Waals surface area contributed by atoms with Crippen LogP contribution in [0, 0.1) is 11.3 Å². The lowest BCUT2D eigenvalue weighted by Gasteiger charge is -2.21. The molecule has 0 spiro atoms. The van der Waals surface area contributed by atoms with Crippen molar-refractivity contribution in [3.05, 3.63) is 24.3 Å². The van der Waals surface area contributed by atoms with Crippen LogP contribution in [0.4, 0.5) is 18.9 Å². The van der Waals surface area contributed by atoms with Gasteiger partial charge in [0.25, 0.3) is 0 Å². The number of nitriles is 1. The minimum absolute atomic E-state index is 0.113. The van der Waals surface area contributed by atoms with Crippen LogP contribution in [0.25, 0.3) is 0 Å². The molecule has 1 aromatic carbocycles. The van der Waals surface area contributed by atoms with Gasteiger partial charge in [-0.15, -0.1) is 13.2 Å². The van der Waals surface area contributed by atoms with Crippen molar-refractivity contribution in [2.75, 3.05) is 25.0 Å². The highest BCUT2D eigenvalue weighted by atomic mass is 19.4. The van der Waals surface area contributed by atoms with Crippen molar-refractivity contribution < 1.29 is 22.7 Å². The summed E-state index contributed by atoms with van der Waals surface area (Å²) >= 11 is 0. The minimum Gasteiger partial charge on any atom is -0.406 e. The summed E-state index contributed by atoms with van der Waals surface area (Å²) in [5.41, 5.74) is 0.347. The lowest BCUT2D eigenvalue weighted by Crippen LogP contribution is -2.39. The molecule has 1 aliphatic rings. The van der Waals surface area contributed by atoms with E-state index in [2.05, 4.69) is 4.74 Å². The van der Waals surface area contributed by atoms with Crippen molar-refractivity contribution in [1.82, 2.24) is 4.90 Å². The van der Waals surface area contributed by atoms with Crippen LogP contribution >= 0.6 is 0 Å². The van der Waals surface area contributed by atoms with Gasteiger partial charge in [0.2, 0.25) is 5.91 Å². The quantitative estimate of drug-likeness (QED) is 0.799. The zero-order valence-electron chi connectivity index (χ0n) is 11.8. The number of hydrogen-bond donors (Lipinski definition) is 0. The third-order valence-corrected chi connectivity index (χ3v) is 3.39. The number of nitrogens with zero attached hydrogens (tertiary/aromatic N) is 3. The maximum absolute atomic E-state index is 12.3. The first kappa shape index (κ1) is 16.1. The Hall–Kier alpha value is -2.27. The van der Waals surface area contributed by atoms with Gasteiger partial charge < -0.3 is 9.64 Å². The summed E-state index contributed by atoms with van der Waals surface area (Å²) in [7, 11) is 1.67. The Kier molecular flexibility index (Phi) is 4.56. The van der Waals surface area contributed by atoms with Crippen molar-refractivity contribution >= 4 is 11.6 Å². The number of carbonyl (C=O) groups is 1. The molecule has 1 saturated heterocycles. The van der Waals surface area contributed by atoms with Gasteiger partial charge >= 0.3 is 6.36 Å². The Labute approximate surface area is 125 Å². The topological polar surface area (TPSA) is 56.6 Å². The summed E-state index contributed by atoms with van der Waals surface area (Å²) in [6, 6.07) is 6.83. The fourth-order valence-electron chi connectivity index (χ4n) is 2.40. The predicted molar refractivity (Wildman–Crippen MR) is 72.1 cm³/mol. The number of ether oxygens (including phenoxy) is 1. The maximum atomic E-state index is 12.3. The zero-order valence-corrected chi connectivity index (χ0v) is 11.8. The number of carbonyl (C=O) groups excluding carboxylic acids is 1. The van der Waals surface area contributed by atoms with E-state index in [0.717, 1.165) is 0 Å². The summed E-state index contributed by atoms with van der Waals surface area (Å²) < 4.78 is 40.6. The second-order valence-corrected chi connectivity index (χ2v) is 4.91. The molecule has 0 aliphatic carbocycles. The number of alkyl halides is 3. The maximum Gasteiger partial charge on any atom is 0.573 e. The molecule has 8 heteroatoms. The van der Waals surface area contributed by atoms with Crippen molar-refractivity contribution in [2.45, 2.75) is 18.8 Å². The molecule has 22 heavy (non-hydrogen) atoms. The molecule has 2 rings (SSSR count). The van der Waals surface area contributed by atoms with E-state index in [1.54, 1.807) is 18.0 Å². The first-order valence-corrected chi connectivity index (χ1v) is 6.56. The summed E-state index contributed by atoms with van der Waals surface area (Å²) in [6.07, 6.45) is -4.26. The van der Waals surface area contributed by atoms with E-state index in [4.69, 9.17) is 5.26 Å². The van der Waals surface area contributed by atoms with Crippen LogP contribution in [0.3, 0.4) is 0 Å². The number of anilines is 1. The van der Waals surface area contributed by atoms with E-state index in [0.29, 0.717) is 18.7 Å². The van der Waals surface area contributed by atoms with Gasteiger partial charge in [0.1, 0.15) is 5.75 Å². The molecule has 1 atom stereocenters. The van der Waals surface area contributed by atoms with Crippen LogP contribution in [-0.4, -0.2) is 43.3 Å². The normalized spacial score (nSPS) is 18.6. The molecule has 1 aliphatic heterocycles. The van der Waals surface area contributed by atoms with Gasteiger partial charge in [0.05, 0.1) is 18.7 Å². The molecule has 0 N–H and O–H groups in total. The fraction of sp³-hybridized carbons (Fsp3) is 0.429. The van der Waals surface area contributed by atoms with Gasteiger partial charge in [-0.25, -0.2) is 0 Å². The van der Waals surface area contributed by atoms with Gasteiger partial charge in [0, 0.05) is 18.3 Å². The van der Waals surface area contributed by atoms with Crippen molar-refractivity contribution in [3.8, 4) is 11.8 Å². The smallest absolute Gasteiger partial charge is 0.406 e. The molecule has 1 heterocycles. The summed E-state index contributed by atoms with van der Waals surface area (Å²) in [6.45, 7) is 0.496. The summed E-state index contributed by atoms with van der Waals surface area (Å²) in [5.74, 6) is -0.603. The van der Waals surface area contributed by atoms with Crippen LogP contribution in [0.1, 0.15) is 6.42 Å². The van der Waals surface area contributed by atoms with Gasteiger partial charge in [-0.2, -0.15) is 5.26 Å². The molecule has 0 radical (unpaired) electrons. The highest BCUT2D eigenvalue weighted by Crippen LogP contribution is 2.29.